The van der Waals surface area contributed by atoms with Crippen LogP contribution in [-0.2, 0) is 0 Å². The summed E-state index contributed by atoms with van der Waals surface area (Å²) in [6.07, 6.45) is 0. The lowest BCUT2D eigenvalue weighted by molar-refractivity contribution is 1.25. The van der Waals surface area contributed by atoms with E-state index in [1.807, 2.05) is 18.2 Å². The maximum absolute atomic E-state index is 5.18. The summed E-state index contributed by atoms with van der Waals surface area (Å²) in [7, 11) is 0. The molecule has 1 N–H and O–H groups in total. The molecule has 0 unspecified atom stereocenters. The molecule has 0 fully saturated rings. The molecule has 250 valence electrons. The number of nitrogens with zero attached hydrogens (tertiary/aromatic N) is 2. The molecule has 8 rings (SSSR count). The molecule has 3 heteroatoms. The van der Waals surface area contributed by atoms with E-state index in [4.69, 9.17) is 9.66 Å². The van der Waals surface area contributed by atoms with Crippen LogP contribution in [0.3, 0.4) is 0 Å². The van der Waals surface area contributed by atoms with Gasteiger partial charge in [0.15, 0.2) is 0 Å². The molecule has 0 aromatic heterocycles. The van der Waals surface area contributed by atoms with Gasteiger partial charge < -0.3 is 0 Å². The lowest BCUT2D eigenvalue weighted by atomic mass is 9.94. The van der Waals surface area contributed by atoms with Crippen molar-refractivity contribution in [3.8, 4) is 44.5 Å². The number of aryl methyl sites for hydroxylation is 4. The first-order valence-corrected chi connectivity index (χ1v) is 17.8. The minimum absolute atomic E-state index is 0.669. The van der Waals surface area contributed by atoms with E-state index in [-0.39, 0.29) is 0 Å². The average Bonchev–Trinajstić information content (AvgIpc) is 3.20. The van der Waals surface area contributed by atoms with Gasteiger partial charge in [0, 0.05) is 0 Å². The molecule has 0 amide bonds. The normalized spacial score (nSPS) is 12.4. The Balaban J connectivity index is 1.18. The van der Waals surface area contributed by atoms with Crippen LogP contribution in [0.1, 0.15) is 38.9 Å². The summed E-state index contributed by atoms with van der Waals surface area (Å²) in [5, 5.41) is 3.58. The molecule has 0 saturated carbocycles. The lowest BCUT2D eigenvalue weighted by Crippen LogP contribution is -2.38. The topological polar surface area (TPSA) is 38.5 Å². The number of rotatable bonds is 7. The summed E-state index contributed by atoms with van der Waals surface area (Å²) in [4.78, 5) is 5.18. The van der Waals surface area contributed by atoms with Crippen LogP contribution in [0.2, 0.25) is 0 Å². The van der Waals surface area contributed by atoms with Crippen molar-refractivity contribution in [1.82, 2.24) is 9.98 Å². The van der Waals surface area contributed by atoms with E-state index in [0.29, 0.717) is 5.84 Å². The van der Waals surface area contributed by atoms with Crippen molar-refractivity contribution in [1.29, 1.82) is 0 Å². The fourth-order valence-electron chi connectivity index (χ4n) is 6.91. The number of hydrogen-bond donors (Lipinski definition) is 1. The molecule has 3 nitrogen and oxygen atoms in total. The van der Waals surface area contributed by atoms with E-state index < -0.39 is 0 Å². The van der Waals surface area contributed by atoms with Crippen molar-refractivity contribution in [2.45, 2.75) is 27.7 Å². The summed E-state index contributed by atoms with van der Waals surface area (Å²) in [6, 6.07) is 58.3. The zero-order valence-corrected chi connectivity index (χ0v) is 30.0. The minimum atomic E-state index is 0.669. The number of nitrogens with one attached hydrogen (secondary N) is 1. The summed E-state index contributed by atoms with van der Waals surface area (Å²) in [6.45, 7) is 8.64. The molecule has 7 aromatic rings. The second kappa shape index (κ2) is 14.0. The smallest absolute Gasteiger partial charge is 0.229 e. The molecule has 0 atom stereocenters. The third kappa shape index (κ3) is 6.79. The van der Waals surface area contributed by atoms with E-state index in [1.165, 1.54) is 44.5 Å². The van der Waals surface area contributed by atoms with E-state index in [1.54, 1.807) is 0 Å². The Morgan fingerprint density at radius 3 is 1.35 bits per heavy atom. The molecule has 52 heavy (non-hydrogen) atoms. The van der Waals surface area contributed by atoms with E-state index in [9.17, 15) is 0 Å². The van der Waals surface area contributed by atoms with Gasteiger partial charge in [0.25, 0.3) is 5.84 Å². The van der Waals surface area contributed by atoms with Crippen molar-refractivity contribution < 1.29 is 0 Å². The second-order valence-electron chi connectivity index (χ2n) is 13.7. The molecular weight excluding hydrogens is 631 g/mol. The predicted molar refractivity (Wildman–Crippen MR) is 220 cm³/mol. The summed E-state index contributed by atoms with van der Waals surface area (Å²) >= 11 is 0. The van der Waals surface area contributed by atoms with Crippen LogP contribution in [0.4, 0.5) is 0 Å². The quantitative estimate of drug-likeness (QED) is 0.168. The van der Waals surface area contributed by atoms with Gasteiger partial charge in [-0.25, -0.2) is 9.98 Å². The highest BCUT2D eigenvalue weighted by molar-refractivity contribution is 6.23. The monoisotopic (exact) mass is 670 g/mol. The van der Waals surface area contributed by atoms with Gasteiger partial charge in [-0.3, -0.25) is 0 Å². The third-order valence-electron chi connectivity index (χ3n) is 9.78. The Labute approximate surface area is 306 Å². The summed E-state index contributed by atoms with van der Waals surface area (Å²) < 4.78 is 5.10. The van der Waals surface area contributed by atoms with Crippen LogP contribution in [0.15, 0.2) is 169 Å². The van der Waals surface area contributed by atoms with Crippen LogP contribution in [0.5, 0.6) is 0 Å². The highest BCUT2D eigenvalue weighted by atomic mass is 15.1. The maximum Gasteiger partial charge on any atom is 0.360 e. The lowest BCUT2D eigenvalue weighted by Gasteiger charge is -2.12. The highest BCUT2D eigenvalue weighted by Gasteiger charge is 2.26. The van der Waals surface area contributed by atoms with Gasteiger partial charge in [-0.15, -0.1) is 0 Å². The van der Waals surface area contributed by atoms with Gasteiger partial charge in [-0.05, 0) is 132 Å². The molecule has 0 spiro atoms. The standard InChI is InChI=1S/C49H39N3/c1-32-22-24-34(3)45(26-32)41-18-8-14-37(28-41)39-16-10-20-43(30-39)48-50-47(36-12-6-5-7-13-36)51-49(52-48)44-21-11-17-40(31-44)38-15-9-19-42(29-38)46-27-33(2)23-25-35(46)4/h5-31H,1-4H3/p+1. The molecule has 1 aliphatic heterocycles. The zero-order chi connectivity index (χ0) is 35.6. The Morgan fingerprint density at radius 1 is 0.385 bits per heavy atom. The Hall–Kier alpha value is -6.54. The SMILES string of the molecule is Cc1ccc(C)c(-c2cccc(-c3cccc(C4=NC(c5cccc(-c6cccc(-c7cc(C)ccc7C)c6)c5)=[N+]=C(c5ccccc5)N4)c3)c2)c1. The van der Waals surface area contributed by atoms with Gasteiger partial charge in [-0.2, -0.15) is 0 Å². The largest absolute Gasteiger partial charge is 0.360 e. The molecule has 1 aliphatic rings. The Morgan fingerprint density at radius 2 is 0.808 bits per heavy atom. The molecule has 1 heterocycles. The van der Waals surface area contributed by atoms with Gasteiger partial charge in [0.1, 0.15) is 0 Å². The predicted octanol–water partition coefficient (Wildman–Crippen LogP) is 10.9. The zero-order valence-electron chi connectivity index (χ0n) is 30.0. The fraction of sp³-hybridized carbons (Fsp3) is 0.0816. The first-order valence-electron chi connectivity index (χ1n) is 17.8. The first kappa shape index (κ1) is 32.7. The van der Waals surface area contributed by atoms with Crippen LogP contribution >= 0.6 is 0 Å². The number of benzene rings is 7. The maximum atomic E-state index is 5.18. The minimum Gasteiger partial charge on any atom is -0.229 e. The molecule has 7 aromatic carbocycles. The van der Waals surface area contributed by atoms with Crippen LogP contribution in [0, 0.1) is 27.7 Å². The Kier molecular flexibility index (Phi) is 8.79. The van der Waals surface area contributed by atoms with Gasteiger partial charge in [0.2, 0.25) is 0 Å². The van der Waals surface area contributed by atoms with Crippen molar-refractivity contribution in [3.05, 3.63) is 203 Å². The van der Waals surface area contributed by atoms with Crippen LogP contribution in [-0.4, -0.2) is 17.5 Å². The van der Waals surface area contributed by atoms with E-state index in [2.05, 4.69) is 179 Å². The summed E-state index contributed by atoms with van der Waals surface area (Å²) in [5.41, 5.74) is 17.5. The number of amidine groups is 3. The first-order chi connectivity index (χ1) is 25.4. The molecule has 0 saturated heterocycles. The van der Waals surface area contributed by atoms with E-state index >= 15 is 0 Å². The van der Waals surface area contributed by atoms with Crippen LogP contribution < -0.4 is 9.98 Å². The second-order valence-corrected chi connectivity index (χ2v) is 13.7. The number of aliphatic imine (C=N–C) groups is 1. The van der Waals surface area contributed by atoms with Gasteiger partial charge in [-0.1, -0.05) is 131 Å². The molecule has 0 radical (unpaired) electrons. The molecule has 0 aliphatic carbocycles. The van der Waals surface area contributed by atoms with E-state index in [0.717, 1.165) is 50.6 Å². The Bertz CT molecular complexity index is 2570. The fourth-order valence-corrected chi connectivity index (χ4v) is 6.91. The summed E-state index contributed by atoms with van der Waals surface area (Å²) in [5.74, 6) is 2.20. The van der Waals surface area contributed by atoms with Crippen molar-refractivity contribution in [3.63, 3.8) is 0 Å². The molecular formula is C49H40N3+. The van der Waals surface area contributed by atoms with Gasteiger partial charge >= 0.3 is 11.7 Å². The molecule has 0 bridgehead atoms. The number of hydrogen-bond acceptors (Lipinski definition) is 2. The third-order valence-corrected chi connectivity index (χ3v) is 9.78. The highest BCUT2D eigenvalue weighted by Crippen LogP contribution is 2.31. The van der Waals surface area contributed by atoms with Crippen molar-refractivity contribution in [2.24, 2.45) is 4.99 Å². The van der Waals surface area contributed by atoms with Crippen molar-refractivity contribution in [2.75, 3.05) is 0 Å². The van der Waals surface area contributed by atoms with Gasteiger partial charge in [0.05, 0.1) is 16.7 Å². The van der Waals surface area contributed by atoms with Crippen molar-refractivity contribution >= 4 is 17.5 Å². The van der Waals surface area contributed by atoms with Crippen LogP contribution in [0.25, 0.3) is 44.5 Å². The average molecular weight is 671 g/mol.